The Morgan fingerprint density at radius 3 is 2.39 bits per heavy atom. The Hall–Kier alpha value is -2.88. The second-order valence-corrected chi connectivity index (χ2v) is 5.64. The van der Waals surface area contributed by atoms with Crippen molar-refractivity contribution in [1.82, 2.24) is 0 Å². The summed E-state index contributed by atoms with van der Waals surface area (Å²) in [6, 6.07) is 9.96. The highest BCUT2D eigenvalue weighted by molar-refractivity contribution is 6.02. The molecule has 4 heteroatoms. The van der Waals surface area contributed by atoms with Gasteiger partial charge >= 0.3 is 5.63 Å². The fourth-order valence-electron chi connectivity index (χ4n) is 2.82. The van der Waals surface area contributed by atoms with Gasteiger partial charge < -0.3 is 8.83 Å². The predicted octanol–water partition coefficient (Wildman–Crippen LogP) is 4.96. The number of benzene rings is 2. The number of rotatable bonds is 1. The van der Waals surface area contributed by atoms with Crippen LogP contribution in [0.2, 0.25) is 0 Å². The fraction of sp³-hybridized carbons (Fsp3) is 0.105. The molecule has 114 valence electrons. The lowest BCUT2D eigenvalue weighted by atomic mass is 10.0. The lowest BCUT2D eigenvalue weighted by Crippen LogP contribution is -2.05. The Morgan fingerprint density at radius 2 is 1.65 bits per heavy atom. The summed E-state index contributed by atoms with van der Waals surface area (Å²) >= 11 is 0. The van der Waals surface area contributed by atoms with E-state index in [1.807, 2.05) is 13.0 Å². The molecule has 0 saturated heterocycles. The van der Waals surface area contributed by atoms with E-state index in [1.165, 1.54) is 12.1 Å². The van der Waals surface area contributed by atoms with Crippen LogP contribution in [0.15, 0.2) is 56.3 Å². The van der Waals surface area contributed by atoms with E-state index >= 15 is 0 Å². The molecule has 0 atom stereocenters. The van der Waals surface area contributed by atoms with Gasteiger partial charge in [-0.2, -0.15) is 0 Å². The van der Waals surface area contributed by atoms with Gasteiger partial charge in [0, 0.05) is 28.0 Å². The van der Waals surface area contributed by atoms with Gasteiger partial charge in [-0.3, -0.25) is 0 Å². The minimum Gasteiger partial charge on any atom is -0.464 e. The van der Waals surface area contributed by atoms with E-state index in [-0.39, 0.29) is 11.4 Å². The predicted molar refractivity (Wildman–Crippen MR) is 87.1 cm³/mol. The summed E-state index contributed by atoms with van der Waals surface area (Å²) in [5.74, 6) is -0.278. The highest BCUT2D eigenvalue weighted by Crippen LogP contribution is 2.34. The third-order valence-corrected chi connectivity index (χ3v) is 4.31. The zero-order chi connectivity index (χ0) is 16.1. The van der Waals surface area contributed by atoms with E-state index in [4.69, 9.17) is 8.83 Å². The molecule has 0 spiro atoms. The Balaban J connectivity index is 2.05. The molecule has 2 aromatic carbocycles. The number of hydrogen-bond donors (Lipinski definition) is 0. The normalized spacial score (nSPS) is 11.4. The molecule has 23 heavy (non-hydrogen) atoms. The monoisotopic (exact) mass is 308 g/mol. The zero-order valence-corrected chi connectivity index (χ0v) is 12.6. The quantitative estimate of drug-likeness (QED) is 0.467. The van der Waals surface area contributed by atoms with Gasteiger partial charge in [0.1, 0.15) is 17.0 Å². The van der Waals surface area contributed by atoms with E-state index in [0.717, 1.165) is 27.5 Å². The highest BCUT2D eigenvalue weighted by atomic mass is 19.1. The van der Waals surface area contributed by atoms with Gasteiger partial charge in [-0.25, -0.2) is 9.18 Å². The first-order valence-electron chi connectivity index (χ1n) is 7.26. The standard InChI is InChI=1S/C19H13FO3/c1-10-11(2)19(21)23-18-8-17-15(7-14(10)18)16(9-22-17)12-3-5-13(20)6-4-12/h3-9H,1-2H3. The van der Waals surface area contributed by atoms with Crippen LogP contribution in [0, 0.1) is 19.7 Å². The van der Waals surface area contributed by atoms with Crippen molar-refractivity contribution in [3.63, 3.8) is 0 Å². The summed E-state index contributed by atoms with van der Waals surface area (Å²) < 4.78 is 24.1. The molecule has 0 aliphatic carbocycles. The molecule has 0 aliphatic heterocycles. The van der Waals surface area contributed by atoms with Gasteiger partial charge in [-0.15, -0.1) is 0 Å². The van der Waals surface area contributed by atoms with Crippen molar-refractivity contribution in [2.75, 3.05) is 0 Å². The Morgan fingerprint density at radius 1 is 0.913 bits per heavy atom. The molecule has 2 heterocycles. The maximum atomic E-state index is 13.1. The first kappa shape index (κ1) is 13.8. The molecule has 4 rings (SSSR count). The van der Waals surface area contributed by atoms with Crippen molar-refractivity contribution in [2.24, 2.45) is 0 Å². The summed E-state index contributed by atoms with van der Waals surface area (Å²) in [6.45, 7) is 3.65. The Kier molecular flexibility index (Phi) is 2.88. The molecule has 0 radical (unpaired) electrons. The van der Waals surface area contributed by atoms with Gasteiger partial charge in [0.25, 0.3) is 0 Å². The van der Waals surface area contributed by atoms with Crippen LogP contribution in [0.1, 0.15) is 11.1 Å². The third-order valence-electron chi connectivity index (χ3n) is 4.31. The maximum absolute atomic E-state index is 13.1. The largest absolute Gasteiger partial charge is 0.464 e. The SMILES string of the molecule is Cc1c(C)c2cc3c(-c4ccc(F)cc4)coc3cc2oc1=O. The van der Waals surface area contributed by atoms with Crippen molar-refractivity contribution in [3.8, 4) is 11.1 Å². The number of fused-ring (bicyclic) bond motifs is 2. The summed E-state index contributed by atoms with van der Waals surface area (Å²) in [4.78, 5) is 11.8. The molecule has 0 amide bonds. The van der Waals surface area contributed by atoms with Gasteiger partial charge in [0.05, 0.1) is 6.26 Å². The van der Waals surface area contributed by atoms with Gasteiger partial charge in [-0.05, 0) is 43.2 Å². The van der Waals surface area contributed by atoms with Crippen molar-refractivity contribution in [3.05, 3.63) is 70.0 Å². The van der Waals surface area contributed by atoms with E-state index in [2.05, 4.69) is 0 Å². The average Bonchev–Trinajstić information content (AvgIpc) is 2.95. The van der Waals surface area contributed by atoms with Crippen LogP contribution in [0.25, 0.3) is 33.1 Å². The molecule has 2 aromatic heterocycles. The fourth-order valence-corrected chi connectivity index (χ4v) is 2.82. The Bertz CT molecular complexity index is 1100. The summed E-state index contributed by atoms with van der Waals surface area (Å²) in [7, 11) is 0. The minimum absolute atomic E-state index is 0.278. The highest BCUT2D eigenvalue weighted by Gasteiger charge is 2.14. The maximum Gasteiger partial charge on any atom is 0.339 e. The van der Waals surface area contributed by atoms with Crippen molar-refractivity contribution >= 4 is 21.9 Å². The average molecular weight is 308 g/mol. The molecule has 0 bridgehead atoms. The molecular weight excluding hydrogens is 295 g/mol. The van der Waals surface area contributed by atoms with E-state index in [1.54, 1.807) is 31.4 Å². The Labute approximate surface area is 131 Å². The zero-order valence-electron chi connectivity index (χ0n) is 12.6. The molecule has 0 N–H and O–H groups in total. The molecular formula is C19H13FO3. The van der Waals surface area contributed by atoms with Crippen molar-refractivity contribution in [2.45, 2.75) is 13.8 Å². The molecule has 0 saturated carbocycles. The summed E-state index contributed by atoms with van der Waals surface area (Å²) in [5, 5.41) is 1.78. The van der Waals surface area contributed by atoms with Crippen molar-refractivity contribution in [1.29, 1.82) is 0 Å². The molecule has 0 fully saturated rings. The van der Waals surface area contributed by atoms with Crippen molar-refractivity contribution < 1.29 is 13.2 Å². The number of aryl methyl sites for hydroxylation is 1. The van der Waals surface area contributed by atoms with Crippen LogP contribution in [0.5, 0.6) is 0 Å². The summed E-state index contributed by atoms with van der Waals surface area (Å²) in [5.41, 5.74) is 4.04. The van der Waals surface area contributed by atoms with E-state index in [0.29, 0.717) is 16.7 Å². The van der Waals surface area contributed by atoms with Gasteiger partial charge in [0.2, 0.25) is 0 Å². The lowest BCUT2D eigenvalue weighted by molar-refractivity contribution is 0.552. The van der Waals surface area contributed by atoms with E-state index < -0.39 is 0 Å². The topological polar surface area (TPSA) is 43.4 Å². The minimum atomic E-state index is -0.334. The first-order chi connectivity index (χ1) is 11.0. The molecule has 3 nitrogen and oxygen atoms in total. The number of furan rings is 1. The summed E-state index contributed by atoms with van der Waals surface area (Å²) in [6.07, 6.45) is 1.64. The molecule has 0 unspecified atom stereocenters. The third kappa shape index (κ3) is 2.06. The van der Waals surface area contributed by atoms with E-state index in [9.17, 15) is 9.18 Å². The van der Waals surface area contributed by atoms with Crippen LogP contribution >= 0.6 is 0 Å². The second kappa shape index (κ2) is 4.81. The smallest absolute Gasteiger partial charge is 0.339 e. The molecule has 0 aliphatic rings. The van der Waals surface area contributed by atoms with Crippen LogP contribution in [0.3, 0.4) is 0 Å². The second-order valence-electron chi connectivity index (χ2n) is 5.64. The van der Waals surface area contributed by atoms with Gasteiger partial charge in [0.15, 0.2) is 0 Å². The number of halogens is 1. The molecule has 4 aromatic rings. The van der Waals surface area contributed by atoms with Crippen LogP contribution < -0.4 is 5.63 Å². The first-order valence-corrected chi connectivity index (χ1v) is 7.26. The van der Waals surface area contributed by atoms with Crippen LogP contribution in [-0.4, -0.2) is 0 Å². The van der Waals surface area contributed by atoms with Crippen LogP contribution in [-0.2, 0) is 0 Å². The van der Waals surface area contributed by atoms with Gasteiger partial charge in [-0.1, -0.05) is 12.1 Å². The number of hydrogen-bond acceptors (Lipinski definition) is 3. The van der Waals surface area contributed by atoms with Crippen LogP contribution in [0.4, 0.5) is 4.39 Å². The lowest BCUT2D eigenvalue weighted by Gasteiger charge is -2.05.